The highest BCUT2D eigenvalue weighted by Gasteiger charge is 2.59. The van der Waals surface area contributed by atoms with E-state index in [2.05, 4.69) is 0 Å². The molecule has 6 aliphatic rings. The van der Waals surface area contributed by atoms with Crippen molar-refractivity contribution in [2.24, 2.45) is 17.3 Å². The second-order valence-electron chi connectivity index (χ2n) is 18.1. The largest absolute Gasteiger partial charge is 0.493 e. The van der Waals surface area contributed by atoms with E-state index in [4.69, 9.17) is 52.1 Å². The van der Waals surface area contributed by atoms with Gasteiger partial charge in [0.2, 0.25) is 12.5 Å². The zero-order chi connectivity index (χ0) is 47.2. The molecule has 0 aromatic heterocycles. The summed E-state index contributed by atoms with van der Waals surface area (Å²) in [5.41, 5.74) is -0.445. The molecule has 2 aliphatic carbocycles. The molecule has 4 aliphatic heterocycles. The van der Waals surface area contributed by atoms with Crippen molar-refractivity contribution >= 4 is 24.1 Å². The lowest BCUT2D eigenvalue weighted by molar-refractivity contribution is -0.394. The van der Waals surface area contributed by atoms with Crippen LogP contribution in [0.5, 0.6) is 28.7 Å². The fraction of sp³-hybridized carbons (Fsp3) is 0.609. The Labute approximate surface area is 381 Å². The van der Waals surface area contributed by atoms with Crippen LogP contribution in [0.2, 0.25) is 0 Å². The van der Waals surface area contributed by atoms with Crippen molar-refractivity contribution in [2.75, 3.05) is 61.4 Å². The number of allylic oxidation sites excluding steroid dienone is 1. The van der Waals surface area contributed by atoms with Gasteiger partial charge in [-0.15, -0.1) is 0 Å². The van der Waals surface area contributed by atoms with Crippen LogP contribution in [-0.4, -0.2) is 153 Å². The van der Waals surface area contributed by atoms with Crippen LogP contribution in [0, 0.1) is 17.3 Å². The van der Waals surface area contributed by atoms with Crippen molar-refractivity contribution in [2.45, 2.75) is 101 Å². The van der Waals surface area contributed by atoms with Crippen molar-refractivity contribution in [1.82, 2.24) is 9.80 Å². The molecular weight excluding hydrogens is 869 g/mol. The Kier molecular flexibility index (Phi) is 13.4. The van der Waals surface area contributed by atoms with Gasteiger partial charge in [-0.3, -0.25) is 9.59 Å². The second-order valence-corrected chi connectivity index (χ2v) is 18.1. The maximum atomic E-state index is 13.9. The van der Waals surface area contributed by atoms with Crippen LogP contribution in [0.15, 0.2) is 36.4 Å². The third-order valence-corrected chi connectivity index (χ3v) is 13.8. The number of esters is 1. The molecule has 4 heterocycles. The first kappa shape index (κ1) is 47.1. The number of hydrogen-bond acceptors (Lipinski definition) is 17. The minimum Gasteiger partial charge on any atom is -0.493 e. The lowest BCUT2D eigenvalue weighted by Gasteiger charge is -2.53. The number of carboxylic acid groups (broad SMARTS) is 1. The number of benzene rings is 2. The molecule has 3 fully saturated rings. The molecule has 2 amide bonds. The summed E-state index contributed by atoms with van der Waals surface area (Å²) >= 11 is 0. The van der Waals surface area contributed by atoms with Crippen molar-refractivity contribution in [3.63, 3.8) is 0 Å². The first-order valence-electron chi connectivity index (χ1n) is 22.0. The molecule has 66 heavy (non-hydrogen) atoms. The van der Waals surface area contributed by atoms with Gasteiger partial charge < -0.3 is 77.2 Å². The topological polar surface area (TPSA) is 237 Å². The normalized spacial score (nSPS) is 33.7. The number of cyclic esters (lactones) is 1. The number of fused-ring (bicyclic) bond motifs is 4. The Balaban J connectivity index is 1.01. The van der Waals surface area contributed by atoms with E-state index in [1.54, 1.807) is 51.1 Å². The molecule has 2 aromatic rings. The predicted molar refractivity (Wildman–Crippen MR) is 226 cm³/mol. The smallest absolute Gasteiger partial charge is 0.415 e. The SMILES string of the molecule is COc1cc([C@@H]2c3cc4c(cc3[C@@H](O[C@@H]3O[C@@H]5CO[C@@H](C)O[C@@]5(C)[C@H](O)[C@H]3O)[C@H]3COC(=O)[C@H]23)OCO4)cc(OC)c1OC(=O)N(C)CCN(C)C(=O)O[C@H]1/C=C/CC[C@@](C)(C(=O)O)CC1. The average Bonchev–Trinajstić information content (AvgIpc) is 3.92. The van der Waals surface area contributed by atoms with E-state index < -0.39 is 96.0 Å². The molecule has 2 aromatic carbocycles. The van der Waals surface area contributed by atoms with Crippen LogP contribution in [0.3, 0.4) is 0 Å². The molecule has 360 valence electrons. The molecule has 0 radical (unpaired) electrons. The van der Waals surface area contributed by atoms with Crippen molar-refractivity contribution in [3.8, 4) is 28.7 Å². The maximum Gasteiger partial charge on any atom is 0.415 e. The van der Waals surface area contributed by atoms with E-state index in [0.29, 0.717) is 53.9 Å². The summed E-state index contributed by atoms with van der Waals surface area (Å²) < 4.78 is 64.9. The van der Waals surface area contributed by atoms with Crippen LogP contribution < -0.4 is 23.7 Å². The maximum absolute atomic E-state index is 13.9. The number of rotatable bonds is 11. The first-order valence-corrected chi connectivity index (χ1v) is 22.0. The molecule has 20 nitrogen and oxygen atoms in total. The van der Waals surface area contributed by atoms with Crippen LogP contribution in [0.1, 0.15) is 75.2 Å². The number of nitrogens with zero attached hydrogens (tertiary/aromatic N) is 2. The van der Waals surface area contributed by atoms with Crippen LogP contribution in [-0.2, 0) is 38.0 Å². The summed E-state index contributed by atoms with van der Waals surface area (Å²) in [6.07, 6.45) is -3.31. The fourth-order valence-corrected chi connectivity index (χ4v) is 9.66. The summed E-state index contributed by atoms with van der Waals surface area (Å²) in [7, 11) is 5.83. The number of aliphatic hydroxyl groups is 2. The van der Waals surface area contributed by atoms with Gasteiger partial charge in [-0.1, -0.05) is 6.08 Å². The number of amides is 2. The Morgan fingerprint density at radius 2 is 1.56 bits per heavy atom. The van der Waals surface area contributed by atoms with E-state index in [1.807, 2.05) is 6.08 Å². The molecule has 12 atom stereocenters. The van der Waals surface area contributed by atoms with Gasteiger partial charge in [0, 0.05) is 39.0 Å². The fourth-order valence-electron chi connectivity index (χ4n) is 9.66. The Morgan fingerprint density at radius 1 is 0.894 bits per heavy atom. The predicted octanol–water partition coefficient (Wildman–Crippen LogP) is 4.11. The molecule has 20 heteroatoms. The highest BCUT2D eigenvalue weighted by atomic mass is 16.8. The molecule has 8 rings (SSSR count). The monoisotopic (exact) mass is 926 g/mol. The molecule has 0 bridgehead atoms. The highest BCUT2D eigenvalue weighted by Crippen LogP contribution is 2.57. The molecule has 0 spiro atoms. The third kappa shape index (κ3) is 8.81. The molecular formula is C46H58N2O18. The molecule has 3 saturated heterocycles. The van der Waals surface area contributed by atoms with Gasteiger partial charge in [0.25, 0.3) is 0 Å². The Hall–Kier alpha value is -5.38. The number of carbonyl (C=O) groups is 4. The van der Waals surface area contributed by atoms with E-state index in [-0.39, 0.29) is 50.3 Å². The van der Waals surface area contributed by atoms with Gasteiger partial charge in [0.15, 0.2) is 35.6 Å². The molecule has 0 saturated carbocycles. The molecule has 0 unspecified atom stereocenters. The van der Waals surface area contributed by atoms with Crippen LogP contribution in [0.25, 0.3) is 0 Å². The van der Waals surface area contributed by atoms with Gasteiger partial charge in [-0.05, 0) is 93.5 Å². The summed E-state index contributed by atoms with van der Waals surface area (Å²) in [5, 5.41) is 32.5. The van der Waals surface area contributed by atoms with Gasteiger partial charge in [0.1, 0.15) is 30.0 Å². The van der Waals surface area contributed by atoms with Gasteiger partial charge in [-0.2, -0.15) is 0 Å². The standard InChI is InChI=1S/C46H58N2O18/c1-23-58-21-33-46(3,66-23)39(50)36(49)41(63-33)64-37-27-19-30-29(60-22-61-30)18-26(27)34(35-28(37)20-59-40(35)51)24-16-31(56-6)38(32(17-24)57-7)65-44(55)48(5)15-14-47(4)43(54)62-25-10-8-9-12-45(2,13-11-25)42(52)53/h8,10,16-19,23,25,28,33-37,39,41,49-50H,9,11-15,20-22H2,1-7H3,(H,52,53)/b10-8+/t23-,25+,28+,33-,34-,35+,36-,37-,39-,41+,45-,46-/m1/s1. The number of carboxylic acids is 1. The Morgan fingerprint density at radius 3 is 2.23 bits per heavy atom. The minimum atomic E-state index is -1.54. The lowest BCUT2D eigenvalue weighted by Crippen LogP contribution is -2.69. The summed E-state index contributed by atoms with van der Waals surface area (Å²) in [6, 6.07) is 6.83. The zero-order valence-electron chi connectivity index (χ0n) is 38.0. The van der Waals surface area contributed by atoms with Crippen LogP contribution >= 0.6 is 0 Å². The molecule has 3 N–H and O–H groups in total. The number of ether oxygens (including phenoxy) is 11. The van der Waals surface area contributed by atoms with E-state index in [9.17, 15) is 34.5 Å². The average molecular weight is 927 g/mol. The van der Waals surface area contributed by atoms with E-state index in [0.717, 1.165) is 0 Å². The quantitative estimate of drug-likeness (QED) is 0.212. The van der Waals surface area contributed by atoms with Crippen molar-refractivity contribution < 1.29 is 86.6 Å². The van der Waals surface area contributed by atoms with E-state index in [1.165, 1.54) is 38.1 Å². The van der Waals surface area contributed by atoms with Gasteiger partial charge in [-0.25, -0.2) is 9.59 Å². The second kappa shape index (κ2) is 18.7. The van der Waals surface area contributed by atoms with E-state index >= 15 is 0 Å². The van der Waals surface area contributed by atoms with Crippen LogP contribution in [0.4, 0.5) is 9.59 Å². The summed E-state index contributed by atoms with van der Waals surface area (Å²) in [5.74, 6) is -2.53. The lowest BCUT2D eigenvalue weighted by atomic mass is 9.66. The number of methoxy groups -OCH3 is 2. The van der Waals surface area contributed by atoms with Crippen molar-refractivity contribution in [1.29, 1.82) is 0 Å². The number of hydrogen-bond donors (Lipinski definition) is 3. The zero-order valence-corrected chi connectivity index (χ0v) is 38.0. The van der Waals surface area contributed by atoms with Gasteiger partial charge in [0.05, 0.1) is 44.9 Å². The third-order valence-electron chi connectivity index (χ3n) is 13.8. The minimum absolute atomic E-state index is 0.0367. The van der Waals surface area contributed by atoms with Gasteiger partial charge >= 0.3 is 24.1 Å². The van der Waals surface area contributed by atoms with Crippen molar-refractivity contribution in [3.05, 3.63) is 53.1 Å². The highest BCUT2D eigenvalue weighted by molar-refractivity contribution is 5.79. The first-order chi connectivity index (χ1) is 31.5. The number of aliphatic hydroxyl groups excluding tert-OH is 2. The summed E-state index contributed by atoms with van der Waals surface area (Å²) in [6.45, 7) is 5.17. The number of carbonyl (C=O) groups excluding carboxylic acids is 3. The Bertz CT molecular complexity index is 2190. The summed E-state index contributed by atoms with van der Waals surface area (Å²) in [4.78, 5) is 54.9. The number of aliphatic carboxylic acids is 1. The number of likely N-dealkylation sites (N-methyl/N-ethyl adjacent to an activating group) is 2.